The molecule has 4 heterocycles. The predicted molar refractivity (Wildman–Crippen MR) is 72.5 cm³/mol. The highest BCUT2D eigenvalue weighted by Gasteiger charge is 2.38. The Kier molecular flexibility index (Phi) is 1.89. The normalized spacial score (nSPS) is 32.8. The van der Waals surface area contributed by atoms with Crippen LogP contribution in [-0.2, 0) is 0 Å². The molecule has 3 atom stereocenters. The number of hydrogen-bond donors (Lipinski definition) is 0. The van der Waals surface area contributed by atoms with Gasteiger partial charge in [0.2, 0.25) is 5.95 Å². The molecule has 0 aromatic carbocycles. The Balaban J connectivity index is 1.69. The largest absolute Gasteiger partial charge is 0.350 e. The number of hydrogen-bond acceptors (Lipinski definition) is 5. The van der Waals surface area contributed by atoms with Crippen LogP contribution in [0.4, 0.5) is 17.6 Å². The molecular formula is C13H19N5. The maximum absolute atomic E-state index is 4.71. The average molecular weight is 245 g/mol. The number of anilines is 3. The first-order chi connectivity index (χ1) is 8.63. The number of nitrogens with zero attached hydrogens (tertiary/aromatic N) is 5. The van der Waals surface area contributed by atoms with E-state index in [-0.39, 0.29) is 0 Å². The molecule has 5 heteroatoms. The molecule has 1 aromatic heterocycles. The summed E-state index contributed by atoms with van der Waals surface area (Å²) in [5.41, 5.74) is 0. The molecule has 0 saturated carbocycles. The average Bonchev–Trinajstić information content (AvgIpc) is 3.21. The van der Waals surface area contributed by atoms with Gasteiger partial charge in [0.25, 0.3) is 0 Å². The van der Waals surface area contributed by atoms with Crippen LogP contribution in [0, 0.1) is 0 Å². The van der Waals surface area contributed by atoms with E-state index in [9.17, 15) is 0 Å². The molecule has 4 rings (SSSR count). The van der Waals surface area contributed by atoms with Crippen molar-refractivity contribution in [1.29, 1.82) is 0 Å². The fourth-order valence-corrected chi connectivity index (χ4v) is 2.46. The molecule has 96 valence electrons. The van der Waals surface area contributed by atoms with Gasteiger partial charge in [-0.05, 0) is 20.8 Å². The molecule has 0 N–H and O–H groups in total. The highest BCUT2D eigenvalue weighted by Crippen LogP contribution is 2.35. The lowest BCUT2D eigenvalue weighted by Gasteiger charge is -2.11. The van der Waals surface area contributed by atoms with Gasteiger partial charge in [-0.1, -0.05) is 0 Å². The third kappa shape index (κ3) is 1.61. The summed E-state index contributed by atoms with van der Waals surface area (Å²) < 4.78 is 0. The van der Waals surface area contributed by atoms with E-state index < -0.39 is 0 Å². The molecule has 5 nitrogen and oxygen atoms in total. The Bertz CT molecular complexity index is 418. The van der Waals surface area contributed by atoms with Gasteiger partial charge in [-0.25, -0.2) is 0 Å². The molecule has 0 radical (unpaired) electrons. The molecule has 0 spiro atoms. The summed E-state index contributed by atoms with van der Waals surface area (Å²) in [4.78, 5) is 16.3. The van der Waals surface area contributed by atoms with Crippen molar-refractivity contribution in [3.05, 3.63) is 6.07 Å². The van der Waals surface area contributed by atoms with Crippen LogP contribution >= 0.6 is 0 Å². The van der Waals surface area contributed by atoms with Crippen LogP contribution in [-0.4, -0.2) is 47.7 Å². The van der Waals surface area contributed by atoms with E-state index in [1.165, 1.54) is 0 Å². The predicted octanol–water partition coefficient (Wildman–Crippen LogP) is 1.10. The lowest BCUT2D eigenvalue weighted by molar-refractivity contribution is 1.01. The Morgan fingerprint density at radius 3 is 1.56 bits per heavy atom. The fraction of sp³-hybridized carbons (Fsp3) is 0.692. The van der Waals surface area contributed by atoms with Gasteiger partial charge in [-0.3, -0.25) is 0 Å². The SMILES string of the molecule is CC1CN1c1cc(N2CC2C)nc(N2CC2C)n1. The second kappa shape index (κ2) is 3.28. The summed E-state index contributed by atoms with van der Waals surface area (Å²) in [7, 11) is 0. The summed E-state index contributed by atoms with van der Waals surface area (Å²) in [5.74, 6) is 3.11. The van der Waals surface area contributed by atoms with Crippen molar-refractivity contribution in [2.24, 2.45) is 0 Å². The zero-order valence-electron chi connectivity index (χ0n) is 11.2. The lowest BCUT2D eigenvalue weighted by atomic mass is 10.5. The van der Waals surface area contributed by atoms with Crippen LogP contribution < -0.4 is 14.7 Å². The van der Waals surface area contributed by atoms with E-state index in [4.69, 9.17) is 9.97 Å². The Morgan fingerprint density at radius 2 is 1.22 bits per heavy atom. The van der Waals surface area contributed by atoms with E-state index in [1.54, 1.807) is 0 Å². The van der Waals surface area contributed by atoms with Gasteiger partial charge in [-0.15, -0.1) is 0 Å². The van der Waals surface area contributed by atoms with Crippen molar-refractivity contribution >= 4 is 17.6 Å². The molecule has 3 saturated heterocycles. The van der Waals surface area contributed by atoms with Crippen LogP contribution in [0.25, 0.3) is 0 Å². The number of aromatic nitrogens is 2. The number of rotatable bonds is 3. The van der Waals surface area contributed by atoms with Gasteiger partial charge in [0.1, 0.15) is 11.6 Å². The van der Waals surface area contributed by atoms with Gasteiger partial charge in [-0.2, -0.15) is 9.97 Å². The highest BCUT2D eigenvalue weighted by atomic mass is 15.4. The summed E-state index contributed by atoms with van der Waals surface area (Å²) >= 11 is 0. The zero-order valence-corrected chi connectivity index (χ0v) is 11.2. The molecule has 3 aliphatic rings. The molecule has 18 heavy (non-hydrogen) atoms. The van der Waals surface area contributed by atoms with Gasteiger partial charge in [0.15, 0.2) is 0 Å². The minimum absolute atomic E-state index is 0.603. The Hall–Kier alpha value is -1.52. The molecule has 3 aliphatic heterocycles. The first-order valence-corrected chi connectivity index (χ1v) is 6.82. The smallest absolute Gasteiger partial charge is 0.229 e. The van der Waals surface area contributed by atoms with Crippen molar-refractivity contribution in [3.63, 3.8) is 0 Å². The van der Waals surface area contributed by atoms with Gasteiger partial charge < -0.3 is 14.7 Å². The topological polar surface area (TPSA) is 34.8 Å². The van der Waals surface area contributed by atoms with E-state index in [2.05, 4.69) is 41.5 Å². The van der Waals surface area contributed by atoms with Crippen LogP contribution in [0.2, 0.25) is 0 Å². The van der Waals surface area contributed by atoms with E-state index >= 15 is 0 Å². The van der Waals surface area contributed by atoms with Crippen LogP contribution in [0.3, 0.4) is 0 Å². The second-order valence-electron chi connectivity index (χ2n) is 5.89. The molecule has 0 aliphatic carbocycles. The van der Waals surface area contributed by atoms with E-state index in [0.717, 1.165) is 37.2 Å². The van der Waals surface area contributed by atoms with E-state index in [1.807, 2.05) is 0 Å². The van der Waals surface area contributed by atoms with Crippen molar-refractivity contribution < 1.29 is 0 Å². The lowest BCUT2D eigenvalue weighted by Crippen LogP contribution is -2.09. The monoisotopic (exact) mass is 245 g/mol. The van der Waals surface area contributed by atoms with Gasteiger partial charge in [0.05, 0.1) is 0 Å². The third-order valence-electron chi connectivity index (χ3n) is 4.11. The second-order valence-corrected chi connectivity index (χ2v) is 5.89. The Morgan fingerprint density at radius 1 is 0.833 bits per heavy atom. The van der Waals surface area contributed by atoms with Gasteiger partial charge in [0, 0.05) is 43.8 Å². The van der Waals surface area contributed by atoms with Crippen molar-refractivity contribution in [2.75, 3.05) is 34.3 Å². The van der Waals surface area contributed by atoms with Crippen molar-refractivity contribution in [2.45, 2.75) is 38.9 Å². The molecule has 1 aromatic rings. The van der Waals surface area contributed by atoms with Crippen LogP contribution in [0.1, 0.15) is 20.8 Å². The molecule has 3 fully saturated rings. The summed E-state index contributed by atoms with van der Waals surface area (Å²) in [6.07, 6.45) is 0. The summed E-state index contributed by atoms with van der Waals surface area (Å²) in [5, 5.41) is 0. The molecule has 3 unspecified atom stereocenters. The zero-order chi connectivity index (χ0) is 12.4. The van der Waals surface area contributed by atoms with Crippen LogP contribution in [0.15, 0.2) is 6.07 Å². The first-order valence-electron chi connectivity index (χ1n) is 6.82. The van der Waals surface area contributed by atoms with Crippen LogP contribution in [0.5, 0.6) is 0 Å². The van der Waals surface area contributed by atoms with Crippen molar-refractivity contribution in [1.82, 2.24) is 9.97 Å². The standard InChI is InChI=1S/C13H19N5/c1-8-5-16(8)11-4-12(17-6-9(17)2)15-13(14-11)18-7-10(18)3/h4,8-10H,5-7H2,1-3H3. The molecular weight excluding hydrogens is 226 g/mol. The minimum Gasteiger partial charge on any atom is -0.350 e. The quantitative estimate of drug-likeness (QED) is 0.745. The molecule has 0 bridgehead atoms. The summed E-state index contributed by atoms with van der Waals surface area (Å²) in [6.45, 7) is 10.0. The maximum atomic E-state index is 4.71. The van der Waals surface area contributed by atoms with Crippen molar-refractivity contribution in [3.8, 4) is 0 Å². The summed E-state index contributed by atoms with van der Waals surface area (Å²) in [6, 6.07) is 4.02. The third-order valence-corrected chi connectivity index (χ3v) is 4.11. The fourth-order valence-electron chi connectivity index (χ4n) is 2.46. The first kappa shape index (κ1) is 10.4. The highest BCUT2D eigenvalue weighted by molar-refractivity contribution is 5.62. The molecule has 0 amide bonds. The maximum Gasteiger partial charge on any atom is 0.229 e. The minimum atomic E-state index is 0.603. The Labute approximate surface area is 107 Å². The van der Waals surface area contributed by atoms with E-state index in [0.29, 0.717) is 18.1 Å². The van der Waals surface area contributed by atoms with Gasteiger partial charge >= 0.3 is 0 Å².